The van der Waals surface area contributed by atoms with Crippen molar-refractivity contribution in [3.05, 3.63) is 65.5 Å². The van der Waals surface area contributed by atoms with Crippen molar-refractivity contribution >= 4 is 11.6 Å². The third-order valence-electron chi connectivity index (χ3n) is 4.44. The molecule has 132 valence electrons. The van der Waals surface area contributed by atoms with Gasteiger partial charge in [-0.25, -0.2) is 8.78 Å². The minimum Gasteiger partial charge on any atom is -0.334 e. The Morgan fingerprint density at radius 1 is 1.15 bits per heavy atom. The van der Waals surface area contributed by atoms with Crippen LogP contribution in [-0.2, 0) is 4.79 Å². The highest BCUT2D eigenvalue weighted by Crippen LogP contribution is 2.32. The molecule has 1 atom stereocenters. The Kier molecular flexibility index (Phi) is 3.99. The van der Waals surface area contributed by atoms with Gasteiger partial charge in [0, 0.05) is 24.6 Å². The zero-order chi connectivity index (χ0) is 18.3. The van der Waals surface area contributed by atoms with Crippen LogP contribution in [0.3, 0.4) is 0 Å². The topological polar surface area (TPSA) is 59.2 Å². The van der Waals surface area contributed by atoms with Gasteiger partial charge in [0.2, 0.25) is 5.91 Å². The predicted molar refractivity (Wildman–Crippen MR) is 90.5 cm³/mol. The van der Waals surface area contributed by atoms with Crippen molar-refractivity contribution in [1.82, 2.24) is 10.1 Å². The fourth-order valence-corrected chi connectivity index (χ4v) is 3.03. The Bertz CT molecular complexity index is 969. The second kappa shape index (κ2) is 6.33. The molecule has 0 bridgehead atoms. The predicted octanol–water partition coefficient (Wildman–Crippen LogP) is 3.84. The van der Waals surface area contributed by atoms with Gasteiger partial charge in [0.1, 0.15) is 11.6 Å². The van der Waals surface area contributed by atoms with Gasteiger partial charge in [0.05, 0.1) is 5.56 Å². The molecule has 1 amide bonds. The van der Waals surface area contributed by atoms with Crippen molar-refractivity contribution in [2.75, 3.05) is 11.4 Å². The van der Waals surface area contributed by atoms with E-state index in [2.05, 4.69) is 10.1 Å². The van der Waals surface area contributed by atoms with Crippen molar-refractivity contribution in [3.8, 4) is 11.5 Å². The van der Waals surface area contributed by atoms with Gasteiger partial charge in [-0.15, -0.1) is 0 Å². The van der Waals surface area contributed by atoms with Crippen LogP contribution < -0.4 is 4.90 Å². The largest absolute Gasteiger partial charge is 0.334 e. The van der Waals surface area contributed by atoms with E-state index in [0.29, 0.717) is 12.4 Å². The number of hydrogen-bond donors (Lipinski definition) is 0. The molecule has 0 radical (unpaired) electrons. The third-order valence-corrected chi connectivity index (χ3v) is 4.44. The van der Waals surface area contributed by atoms with E-state index in [0.717, 1.165) is 29.4 Å². The molecule has 0 spiro atoms. The minimum absolute atomic E-state index is 0.0397. The monoisotopic (exact) mass is 355 g/mol. The summed E-state index contributed by atoms with van der Waals surface area (Å²) in [5.41, 5.74) is 1.82. The lowest BCUT2D eigenvalue weighted by Gasteiger charge is -2.16. The van der Waals surface area contributed by atoms with Crippen LogP contribution in [0.5, 0.6) is 0 Å². The molecule has 2 aromatic carbocycles. The molecule has 3 aromatic rings. The Hall–Kier alpha value is -3.09. The Morgan fingerprint density at radius 2 is 1.92 bits per heavy atom. The summed E-state index contributed by atoms with van der Waals surface area (Å²) in [5.74, 6) is -1.34. The molecule has 5 nitrogen and oxygen atoms in total. The first-order chi connectivity index (χ1) is 12.5. The maximum Gasteiger partial charge on any atom is 0.261 e. The first kappa shape index (κ1) is 16.4. The number of nitrogens with zero attached hydrogens (tertiary/aromatic N) is 3. The second-order valence-electron chi connectivity index (χ2n) is 6.32. The van der Waals surface area contributed by atoms with Gasteiger partial charge in [-0.3, -0.25) is 4.79 Å². The van der Waals surface area contributed by atoms with Crippen molar-refractivity contribution < 1.29 is 18.1 Å². The lowest BCUT2D eigenvalue weighted by Crippen LogP contribution is -2.24. The van der Waals surface area contributed by atoms with Crippen LogP contribution in [0.2, 0.25) is 0 Å². The number of benzene rings is 2. The summed E-state index contributed by atoms with van der Waals surface area (Å²) < 4.78 is 32.3. The zero-order valence-electron chi connectivity index (χ0n) is 13.9. The average molecular weight is 355 g/mol. The summed E-state index contributed by atoms with van der Waals surface area (Å²) >= 11 is 0. The maximum atomic E-state index is 13.9. The fraction of sp³-hybridized carbons (Fsp3) is 0.211. The molecule has 1 aliphatic heterocycles. The number of hydrogen-bond acceptors (Lipinski definition) is 4. The molecular formula is C19H15F2N3O2. The summed E-state index contributed by atoms with van der Waals surface area (Å²) in [7, 11) is 0. The van der Waals surface area contributed by atoms with E-state index in [9.17, 15) is 13.6 Å². The lowest BCUT2D eigenvalue weighted by molar-refractivity contribution is -0.117. The molecule has 2 heterocycles. The van der Waals surface area contributed by atoms with Crippen molar-refractivity contribution in [2.24, 2.45) is 0 Å². The smallest absolute Gasteiger partial charge is 0.261 e. The average Bonchev–Trinajstić information content (AvgIpc) is 3.25. The highest BCUT2D eigenvalue weighted by molar-refractivity contribution is 5.96. The van der Waals surface area contributed by atoms with Crippen molar-refractivity contribution in [2.45, 2.75) is 19.3 Å². The summed E-state index contributed by atoms with van der Waals surface area (Å²) in [6, 6.07) is 10.7. The second-order valence-corrected chi connectivity index (χ2v) is 6.32. The summed E-state index contributed by atoms with van der Waals surface area (Å²) in [4.78, 5) is 18.2. The van der Waals surface area contributed by atoms with E-state index in [-0.39, 0.29) is 29.7 Å². The number of rotatable bonds is 3. The highest BCUT2D eigenvalue weighted by atomic mass is 19.1. The minimum atomic E-state index is -0.648. The molecule has 1 aromatic heterocycles. The van der Waals surface area contributed by atoms with Gasteiger partial charge in [-0.1, -0.05) is 22.9 Å². The van der Waals surface area contributed by atoms with Gasteiger partial charge in [0.15, 0.2) is 5.82 Å². The van der Waals surface area contributed by atoms with E-state index in [1.165, 1.54) is 0 Å². The van der Waals surface area contributed by atoms with Crippen molar-refractivity contribution in [1.29, 1.82) is 0 Å². The number of aromatic nitrogens is 2. The highest BCUT2D eigenvalue weighted by Gasteiger charge is 2.34. The first-order valence-corrected chi connectivity index (χ1v) is 8.17. The molecule has 0 aliphatic carbocycles. The SMILES string of the molecule is Cc1ccc(N2C[C@H](c3noc(-c4cc(F)ccc4F)n3)CC2=O)cc1. The molecule has 1 saturated heterocycles. The molecule has 4 rings (SSSR count). The first-order valence-electron chi connectivity index (χ1n) is 8.17. The standard InChI is InChI=1S/C19H15F2N3O2/c1-11-2-5-14(6-3-11)24-10-12(8-17(24)25)18-22-19(26-23-18)15-9-13(20)4-7-16(15)21/h2-7,9,12H,8,10H2,1H3/t12-/m1/s1. The number of halogens is 2. The quantitative estimate of drug-likeness (QED) is 0.716. The van der Waals surface area contributed by atoms with E-state index in [1.54, 1.807) is 4.90 Å². The normalized spacial score (nSPS) is 17.1. The summed E-state index contributed by atoms with van der Waals surface area (Å²) in [5, 5.41) is 3.87. The number of aryl methyl sites for hydroxylation is 1. The van der Waals surface area contributed by atoms with E-state index < -0.39 is 11.6 Å². The van der Waals surface area contributed by atoms with Crippen molar-refractivity contribution in [3.63, 3.8) is 0 Å². The third kappa shape index (κ3) is 2.96. The van der Waals surface area contributed by atoms with Crippen LogP contribution in [-0.4, -0.2) is 22.6 Å². The molecule has 1 aliphatic rings. The fourth-order valence-electron chi connectivity index (χ4n) is 3.03. The Morgan fingerprint density at radius 3 is 2.69 bits per heavy atom. The summed E-state index contributed by atoms with van der Waals surface area (Å²) in [6.45, 7) is 2.39. The van der Waals surface area contributed by atoms with Gasteiger partial charge in [0.25, 0.3) is 5.89 Å². The van der Waals surface area contributed by atoms with Gasteiger partial charge < -0.3 is 9.42 Å². The van der Waals surface area contributed by atoms with Crippen LogP contribution in [0.25, 0.3) is 11.5 Å². The lowest BCUT2D eigenvalue weighted by atomic mass is 10.1. The van der Waals surface area contributed by atoms with E-state index in [1.807, 2.05) is 31.2 Å². The van der Waals surface area contributed by atoms with Crippen LogP contribution in [0.1, 0.15) is 23.7 Å². The maximum absolute atomic E-state index is 13.9. The van der Waals surface area contributed by atoms with Gasteiger partial charge >= 0.3 is 0 Å². The van der Waals surface area contributed by atoms with E-state index >= 15 is 0 Å². The Labute approximate surface area is 148 Å². The molecule has 0 saturated carbocycles. The number of amides is 1. The molecule has 26 heavy (non-hydrogen) atoms. The summed E-state index contributed by atoms with van der Waals surface area (Å²) in [6.07, 6.45) is 0.235. The van der Waals surface area contributed by atoms with Crippen LogP contribution in [0.15, 0.2) is 47.0 Å². The van der Waals surface area contributed by atoms with Crippen LogP contribution in [0, 0.1) is 18.6 Å². The molecular weight excluding hydrogens is 340 g/mol. The molecule has 0 N–H and O–H groups in total. The molecule has 0 unspecified atom stereocenters. The Balaban J connectivity index is 1.58. The van der Waals surface area contributed by atoms with Crippen LogP contribution >= 0.6 is 0 Å². The number of carbonyl (C=O) groups is 1. The zero-order valence-corrected chi connectivity index (χ0v) is 13.9. The van der Waals surface area contributed by atoms with Crippen LogP contribution in [0.4, 0.5) is 14.5 Å². The number of anilines is 1. The van der Waals surface area contributed by atoms with E-state index in [4.69, 9.17) is 4.52 Å². The molecule has 1 fully saturated rings. The van der Waals surface area contributed by atoms with Gasteiger partial charge in [-0.2, -0.15) is 4.98 Å². The number of carbonyl (C=O) groups excluding carboxylic acids is 1. The van der Waals surface area contributed by atoms with Gasteiger partial charge in [-0.05, 0) is 37.3 Å². The molecule has 7 heteroatoms.